The molecule has 2 rings (SSSR count). The van der Waals surface area contributed by atoms with Crippen LogP contribution in [-0.4, -0.2) is 9.97 Å². The summed E-state index contributed by atoms with van der Waals surface area (Å²) in [6, 6.07) is 7.20. The fourth-order valence-corrected chi connectivity index (χ4v) is 2.65. The van der Waals surface area contributed by atoms with Crippen molar-refractivity contribution in [2.24, 2.45) is 5.73 Å². The molecule has 1 heterocycles. The Bertz CT molecular complexity index is 566. The van der Waals surface area contributed by atoms with Crippen LogP contribution in [0, 0.1) is 6.92 Å². The van der Waals surface area contributed by atoms with E-state index in [0.717, 1.165) is 21.3 Å². The van der Waals surface area contributed by atoms with Crippen LogP contribution in [0.5, 0.6) is 5.75 Å². The number of hydrogen-bond donors (Lipinski definition) is 1. The average molecular weight is 299 g/mol. The molecule has 3 nitrogen and oxygen atoms in total. The summed E-state index contributed by atoms with van der Waals surface area (Å²) in [5.74, 6) is 0.754. The lowest BCUT2D eigenvalue weighted by molar-refractivity contribution is 0.305. The van der Waals surface area contributed by atoms with Crippen molar-refractivity contribution < 1.29 is 4.74 Å². The molecule has 1 aromatic carbocycles. The van der Waals surface area contributed by atoms with E-state index in [1.165, 1.54) is 11.3 Å². The van der Waals surface area contributed by atoms with Crippen molar-refractivity contribution >= 4 is 40.1 Å². The van der Waals surface area contributed by atoms with Gasteiger partial charge in [0.2, 0.25) is 0 Å². The van der Waals surface area contributed by atoms with Gasteiger partial charge in [-0.15, -0.1) is 11.3 Å². The van der Waals surface area contributed by atoms with E-state index in [1.54, 1.807) is 12.1 Å². The second-order valence-corrected chi connectivity index (χ2v) is 5.59. The van der Waals surface area contributed by atoms with E-state index in [0.29, 0.717) is 16.6 Å². The summed E-state index contributed by atoms with van der Waals surface area (Å²) in [5.41, 5.74) is 6.45. The van der Waals surface area contributed by atoms with E-state index in [-0.39, 0.29) is 0 Å². The molecule has 2 aromatic rings. The van der Waals surface area contributed by atoms with Crippen LogP contribution in [0.1, 0.15) is 15.6 Å². The highest BCUT2D eigenvalue weighted by atomic mass is 35.5. The maximum atomic E-state index is 5.79. The Morgan fingerprint density at radius 3 is 2.67 bits per heavy atom. The third kappa shape index (κ3) is 3.19. The number of nitrogens with zero attached hydrogens (tertiary/aromatic N) is 1. The Hall–Kier alpha value is -1.17. The fourth-order valence-electron chi connectivity index (χ4n) is 1.42. The maximum Gasteiger partial charge on any atom is 0.140 e. The van der Waals surface area contributed by atoms with Crippen molar-refractivity contribution in [3.8, 4) is 5.75 Å². The monoisotopic (exact) mass is 298 g/mol. The van der Waals surface area contributed by atoms with Gasteiger partial charge in [-0.2, -0.15) is 0 Å². The van der Waals surface area contributed by atoms with Gasteiger partial charge < -0.3 is 10.5 Å². The number of halogens is 1. The summed E-state index contributed by atoms with van der Waals surface area (Å²) in [5, 5.41) is 1.54. The van der Waals surface area contributed by atoms with Gasteiger partial charge in [0.25, 0.3) is 0 Å². The number of thiocarbonyl (C=S) groups is 1. The summed E-state index contributed by atoms with van der Waals surface area (Å²) in [6.07, 6.45) is 0. The van der Waals surface area contributed by atoms with Gasteiger partial charge in [0.1, 0.15) is 22.4 Å². The zero-order chi connectivity index (χ0) is 13.1. The van der Waals surface area contributed by atoms with Crippen LogP contribution in [0.2, 0.25) is 5.02 Å². The van der Waals surface area contributed by atoms with Crippen LogP contribution in [0.25, 0.3) is 0 Å². The van der Waals surface area contributed by atoms with E-state index in [9.17, 15) is 0 Å². The Kier molecular flexibility index (Phi) is 4.16. The number of ether oxygens (including phenoxy) is 1. The lowest BCUT2D eigenvalue weighted by Gasteiger charge is -2.03. The third-order valence-electron chi connectivity index (χ3n) is 2.24. The zero-order valence-electron chi connectivity index (χ0n) is 9.64. The molecular weight excluding hydrogens is 288 g/mol. The summed E-state index contributed by atoms with van der Waals surface area (Å²) >= 11 is 12.2. The topological polar surface area (TPSA) is 48.1 Å². The van der Waals surface area contributed by atoms with Gasteiger partial charge in [-0.25, -0.2) is 4.98 Å². The highest BCUT2D eigenvalue weighted by Gasteiger charge is 2.10. The first-order valence-corrected chi connectivity index (χ1v) is 6.81. The molecule has 0 fully saturated rings. The minimum absolute atomic E-state index is 0.378. The number of thiazole rings is 1. The number of hydrogen-bond acceptors (Lipinski definition) is 4. The first-order valence-electron chi connectivity index (χ1n) is 5.20. The number of nitrogens with two attached hydrogens (primary N) is 1. The number of aromatic nitrogens is 1. The molecule has 0 aliphatic rings. The molecule has 0 radical (unpaired) electrons. The van der Waals surface area contributed by atoms with Crippen molar-refractivity contribution in [3.63, 3.8) is 0 Å². The van der Waals surface area contributed by atoms with Crippen LogP contribution < -0.4 is 10.5 Å². The van der Waals surface area contributed by atoms with Crippen LogP contribution in [0.15, 0.2) is 24.3 Å². The minimum Gasteiger partial charge on any atom is -0.486 e. The standard InChI is InChI=1S/C12H11ClN2OS2/c1-7-11(12(14)17)18-10(15-7)6-16-9-4-2-8(13)3-5-9/h2-5H,6H2,1H3,(H2,14,17). The average Bonchev–Trinajstić information content (AvgIpc) is 2.70. The molecule has 0 unspecified atom stereocenters. The Labute approximate surface area is 120 Å². The molecule has 0 bridgehead atoms. The van der Waals surface area contributed by atoms with Crippen LogP contribution in [0.3, 0.4) is 0 Å². The Balaban J connectivity index is 2.04. The van der Waals surface area contributed by atoms with Gasteiger partial charge in [0.15, 0.2) is 0 Å². The van der Waals surface area contributed by atoms with Gasteiger partial charge in [0.05, 0.1) is 10.6 Å². The second kappa shape index (κ2) is 5.65. The summed E-state index contributed by atoms with van der Waals surface area (Å²) in [6.45, 7) is 2.28. The predicted octanol–water partition coefficient (Wildman–Crippen LogP) is 3.32. The lowest BCUT2D eigenvalue weighted by atomic mass is 10.3. The van der Waals surface area contributed by atoms with Crippen LogP contribution in [-0.2, 0) is 6.61 Å². The quantitative estimate of drug-likeness (QED) is 0.880. The van der Waals surface area contributed by atoms with Crippen molar-refractivity contribution in [1.29, 1.82) is 0 Å². The Morgan fingerprint density at radius 2 is 2.11 bits per heavy atom. The first kappa shape index (κ1) is 13.3. The number of rotatable bonds is 4. The van der Waals surface area contributed by atoms with Crippen molar-refractivity contribution in [2.75, 3.05) is 0 Å². The lowest BCUT2D eigenvalue weighted by Crippen LogP contribution is -2.08. The maximum absolute atomic E-state index is 5.79. The van der Waals surface area contributed by atoms with Gasteiger partial charge in [-0.05, 0) is 31.2 Å². The van der Waals surface area contributed by atoms with Gasteiger partial charge in [-0.1, -0.05) is 23.8 Å². The summed E-state index contributed by atoms with van der Waals surface area (Å²) < 4.78 is 5.60. The molecule has 18 heavy (non-hydrogen) atoms. The van der Waals surface area contributed by atoms with Gasteiger partial charge in [-0.3, -0.25) is 0 Å². The third-order valence-corrected chi connectivity index (χ3v) is 3.99. The number of aryl methyl sites for hydroxylation is 1. The predicted molar refractivity (Wildman–Crippen MR) is 78.5 cm³/mol. The van der Waals surface area contributed by atoms with Gasteiger partial charge in [0, 0.05) is 5.02 Å². The molecule has 0 aliphatic heterocycles. The van der Waals surface area contributed by atoms with E-state index >= 15 is 0 Å². The highest BCUT2D eigenvalue weighted by molar-refractivity contribution is 7.81. The zero-order valence-corrected chi connectivity index (χ0v) is 12.0. The Morgan fingerprint density at radius 1 is 1.44 bits per heavy atom. The molecule has 0 saturated heterocycles. The first-order chi connectivity index (χ1) is 8.56. The van der Waals surface area contributed by atoms with E-state index in [4.69, 9.17) is 34.3 Å². The molecular formula is C12H11ClN2OS2. The molecule has 0 spiro atoms. The molecule has 0 saturated carbocycles. The molecule has 0 aliphatic carbocycles. The summed E-state index contributed by atoms with van der Waals surface area (Å²) in [7, 11) is 0. The highest BCUT2D eigenvalue weighted by Crippen LogP contribution is 2.21. The molecule has 2 N–H and O–H groups in total. The fraction of sp³-hybridized carbons (Fsp3) is 0.167. The normalized spacial score (nSPS) is 10.3. The second-order valence-electron chi connectivity index (χ2n) is 3.63. The van der Waals surface area contributed by atoms with E-state index < -0.39 is 0 Å². The number of benzene rings is 1. The molecule has 0 amide bonds. The minimum atomic E-state index is 0.378. The smallest absolute Gasteiger partial charge is 0.140 e. The SMILES string of the molecule is Cc1nc(COc2ccc(Cl)cc2)sc1C(N)=S. The van der Waals surface area contributed by atoms with Crippen molar-refractivity contribution in [1.82, 2.24) is 4.98 Å². The van der Waals surface area contributed by atoms with Crippen LogP contribution >= 0.6 is 35.2 Å². The molecule has 6 heteroatoms. The summed E-state index contributed by atoms with van der Waals surface area (Å²) in [4.78, 5) is 5.59. The van der Waals surface area contributed by atoms with Crippen LogP contribution in [0.4, 0.5) is 0 Å². The van der Waals surface area contributed by atoms with Crippen molar-refractivity contribution in [3.05, 3.63) is 44.9 Å². The molecule has 0 atom stereocenters. The van der Waals surface area contributed by atoms with E-state index in [2.05, 4.69) is 4.98 Å². The van der Waals surface area contributed by atoms with Gasteiger partial charge >= 0.3 is 0 Å². The van der Waals surface area contributed by atoms with Crippen molar-refractivity contribution in [2.45, 2.75) is 13.5 Å². The molecule has 1 aromatic heterocycles. The molecule has 94 valence electrons. The largest absolute Gasteiger partial charge is 0.486 e. The van der Waals surface area contributed by atoms with E-state index in [1.807, 2.05) is 19.1 Å².